The Morgan fingerprint density at radius 1 is 0.810 bits per heavy atom. The highest BCUT2D eigenvalue weighted by molar-refractivity contribution is 8.10. The maximum Gasteiger partial charge on any atom is 0.186 e. The van der Waals surface area contributed by atoms with Crippen LogP contribution in [0.15, 0.2) is 44.5 Å². The smallest absolute Gasteiger partial charge is 0.186 e. The topological polar surface area (TPSA) is 68.3 Å². The molecule has 0 saturated heterocycles. The summed E-state index contributed by atoms with van der Waals surface area (Å²) in [6.07, 6.45) is 2.79. The van der Waals surface area contributed by atoms with Gasteiger partial charge in [0.2, 0.25) is 0 Å². The lowest BCUT2D eigenvalue weighted by Crippen LogP contribution is -2.11. The van der Waals surface area contributed by atoms with E-state index in [2.05, 4.69) is 0 Å². The van der Waals surface area contributed by atoms with Crippen LogP contribution in [0.4, 0.5) is 0 Å². The Labute approximate surface area is 131 Å². The van der Waals surface area contributed by atoms with E-state index < -0.39 is 24.8 Å². The predicted octanol–water partition coefficient (Wildman–Crippen LogP) is 3.24. The number of thiophene rings is 2. The van der Waals surface area contributed by atoms with Crippen molar-refractivity contribution >= 4 is 54.5 Å². The molecule has 4 nitrogen and oxygen atoms in total. The zero-order valence-corrected chi connectivity index (χ0v) is 14.0. The van der Waals surface area contributed by atoms with Crippen molar-refractivity contribution in [1.82, 2.24) is 0 Å². The minimum atomic E-state index is -3.82. The molecule has 21 heavy (non-hydrogen) atoms. The fourth-order valence-corrected chi connectivity index (χ4v) is 5.86. The second-order valence-electron chi connectivity index (χ2n) is 4.16. The zero-order valence-electron chi connectivity index (χ0n) is 10.7. The normalized spacial score (nSPS) is 13.3. The molecule has 0 spiro atoms. The second-order valence-corrected chi connectivity index (χ2v) is 9.86. The van der Waals surface area contributed by atoms with Crippen LogP contribution in [0, 0.1) is 0 Å². The molecule has 0 aromatic carbocycles. The fourth-order valence-electron chi connectivity index (χ4n) is 1.41. The quantitative estimate of drug-likeness (QED) is 0.793. The Hall–Kier alpha value is -1.22. The van der Waals surface area contributed by atoms with E-state index in [9.17, 15) is 16.8 Å². The molecule has 2 heterocycles. The molecule has 0 aliphatic carbocycles. The molecule has 2 rings (SSSR count). The van der Waals surface area contributed by atoms with Gasteiger partial charge in [0, 0.05) is 10.8 Å². The van der Waals surface area contributed by atoms with Gasteiger partial charge in [-0.15, -0.1) is 0 Å². The minimum absolute atomic E-state index is 0.731. The first kappa shape index (κ1) is 16.2. The van der Waals surface area contributed by atoms with Crippen molar-refractivity contribution in [2.75, 3.05) is 5.08 Å². The summed E-state index contributed by atoms with van der Waals surface area (Å²) in [5.74, 6) is 0. The maximum absolute atomic E-state index is 11.8. The van der Waals surface area contributed by atoms with Gasteiger partial charge in [0.15, 0.2) is 24.8 Å². The second kappa shape index (κ2) is 6.69. The third kappa shape index (κ3) is 5.58. The van der Waals surface area contributed by atoms with Gasteiger partial charge in [0.25, 0.3) is 0 Å². The van der Waals surface area contributed by atoms with Crippen molar-refractivity contribution in [1.29, 1.82) is 0 Å². The standard InChI is InChI=1S/C13H12O4S4/c14-20(15,7-3-12-1-5-18-9-12)11-21(16,17)8-4-13-2-6-19-10-13/h1-10H,11H2/b7-3+,8-4+. The molecule has 0 N–H and O–H groups in total. The van der Waals surface area contributed by atoms with Crippen LogP contribution >= 0.6 is 22.7 Å². The van der Waals surface area contributed by atoms with E-state index in [1.807, 2.05) is 10.8 Å². The monoisotopic (exact) mass is 360 g/mol. The van der Waals surface area contributed by atoms with Crippen LogP contribution in [0.25, 0.3) is 12.2 Å². The predicted molar refractivity (Wildman–Crippen MR) is 89.4 cm³/mol. The molecule has 0 bridgehead atoms. The molecule has 0 aliphatic heterocycles. The van der Waals surface area contributed by atoms with Crippen LogP contribution in [0.2, 0.25) is 0 Å². The summed E-state index contributed by atoms with van der Waals surface area (Å²) in [6.45, 7) is 0. The molecule has 0 radical (unpaired) electrons. The molecular formula is C13H12O4S4. The molecule has 112 valence electrons. The Balaban J connectivity index is 2.08. The molecular weight excluding hydrogens is 348 g/mol. The highest BCUT2D eigenvalue weighted by Crippen LogP contribution is 2.12. The summed E-state index contributed by atoms with van der Waals surface area (Å²) in [4.78, 5) is 0. The lowest BCUT2D eigenvalue weighted by Gasteiger charge is -1.97. The van der Waals surface area contributed by atoms with E-state index in [1.54, 1.807) is 22.9 Å². The lowest BCUT2D eigenvalue weighted by molar-refractivity contribution is 0.598. The first-order valence-corrected chi connectivity index (χ1v) is 11.0. The average molecular weight is 361 g/mol. The van der Waals surface area contributed by atoms with Crippen molar-refractivity contribution in [2.45, 2.75) is 0 Å². The summed E-state index contributed by atoms with van der Waals surface area (Å²) in [5.41, 5.74) is 1.46. The van der Waals surface area contributed by atoms with E-state index in [0.29, 0.717) is 0 Å². The van der Waals surface area contributed by atoms with Gasteiger partial charge in [-0.3, -0.25) is 0 Å². The largest absolute Gasteiger partial charge is 0.223 e. The van der Waals surface area contributed by atoms with E-state index in [1.165, 1.54) is 34.8 Å². The van der Waals surface area contributed by atoms with Crippen LogP contribution in [-0.4, -0.2) is 21.9 Å². The van der Waals surface area contributed by atoms with E-state index in [0.717, 1.165) is 21.9 Å². The van der Waals surface area contributed by atoms with Crippen molar-refractivity contribution in [3.63, 3.8) is 0 Å². The summed E-state index contributed by atoms with van der Waals surface area (Å²) in [6, 6.07) is 3.50. The van der Waals surface area contributed by atoms with Gasteiger partial charge >= 0.3 is 0 Å². The number of hydrogen-bond acceptors (Lipinski definition) is 6. The molecule has 0 aliphatic rings. The Bertz CT molecular complexity index is 752. The first-order chi connectivity index (χ1) is 9.86. The van der Waals surface area contributed by atoms with Crippen molar-refractivity contribution in [2.24, 2.45) is 0 Å². The highest BCUT2D eigenvalue weighted by atomic mass is 32.3. The molecule has 2 aromatic rings. The SMILES string of the molecule is O=S(=O)(/C=C/c1ccsc1)CS(=O)(=O)/C=C/c1ccsc1. The van der Waals surface area contributed by atoms with Gasteiger partial charge in [-0.25, -0.2) is 16.8 Å². The van der Waals surface area contributed by atoms with Gasteiger partial charge in [0.1, 0.15) is 0 Å². The maximum atomic E-state index is 11.8. The molecule has 2 aromatic heterocycles. The van der Waals surface area contributed by atoms with Crippen molar-refractivity contribution in [3.8, 4) is 0 Å². The van der Waals surface area contributed by atoms with Crippen LogP contribution < -0.4 is 0 Å². The average Bonchev–Trinajstić information content (AvgIpc) is 3.06. The van der Waals surface area contributed by atoms with Crippen LogP contribution in [0.5, 0.6) is 0 Å². The minimum Gasteiger partial charge on any atom is -0.223 e. The van der Waals surface area contributed by atoms with Gasteiger partial charge < -0.3 is 0 Å². The van der Waals surface area contributed by atoms with E-state index >= 15 is 0 Å². The fraction of sp³-hybridized carbons (Fsp3) is 0.0769. The molecule has 0 fully saturated rings. The first-order valence-electron chi connectivity index (χ1n) is 5.72. The number of rotatable bonds is 6. The van der Waals surface area contributed by atoms with Gasteiger partial charge in [-0.2, -0.15) is 22.7 Å². The molecule has 0 saturated carbocycles. The van der Waals surface area contributed by atoms with Crippen molar-refractivity contribution in [3.05, 3.63) is 55.6 Å². The summed E-state index contributed by atoms with van der Waals surface area (Å²) in [7, 11) is -7.64. The van der Waals surface area contributed by atoms with Gasteiger partial charge in [0.05, 0.1) is 0 Å². The van der Waals surface area contributed by atoms with Crippen LogP contribution in [-0.2, 0) is 19.7 Å². The summed E-state index contributed by atoms with van der Waals surface area (Å²) < 4.78 is 47.2. The van der Waals surface area contributed by atoms with E-state index in [4.69, 9.17) is 0 Å². The van der Waals surface area contributed by atoms with Gasteiger partial charge in [-0.1, -0.05) is 0 Å². The van der Waals surface area contributed by atoms with Gasteiger partial charge in [-0.05, 0) is 56.9 Å². The highest BCUT2D eigenvalue weighted by Gasteiger charge is 2.17. The number of hydrogen-bond donors (Lipinski definition) is 0. The zero-order chi connectivity index (χ0) is 15.3. The third-order valence-electron chi connectivity index (χ3n) is 2.35. The summed E-state index contributed by atoms with van der Waals surface area (Å²) in [5, 5.41) is 8.12. The van der Waals surface area contributed by atoms with Crippen LogP contribution in [0.3, 0.4) is 0 Å². The Kier molecular flexibility index (Phi) is 5.15. The lowest BCUT2D eigenvalue weighted by atomic mass is 10.3. The molecule has 0 unspecified atom stereocenters. The van der Waals surface area contributed by atoms with Crippen molar-refractivity contribution < 1.29 is 16.8 Å². The van der Waals surface area contributed by atoms with E-state index in [-0.39, 0.29) is 0 Å². The van der Waals surface area contributed by atoms with Crippen LogP contribution in [0.1, 0.15) is 11.1 Å². The molecule has 0 amide bonds. The number of sulfone groups is 2. The molecule has 0 atom stereocenters. The molecule has 8 heteroatoms. The Morgan fingerprint density at radius 2 is 1.24 bits per heavy atom. The Morgan fingerprint density at radius 3 is 1.57 bits per heavy atom. The summed E-state index contributed by atoms with van der Waals surface area (Å²) >= 11 is 2.87. The third-order valence-corrected chi connectivity index (χ3v) is 7.48.